The van der Waals surface area contributed by atoms with E-state index in [1.54, 1.807) is 12.0 Å². The lowest BCUT2D eigenvalue weighted by molar-refractivity contribution is 0.106. The molecule has 0 aromatic rings. The fourth-order valence-corrected chi connectivity index (χ4v) is 1.40. The second-order valence-electron chi connectivity index (χ2n) is 3.09. The highest BCUT2D eigenvalue weighted by molar-refractivity contribution is 5.67. The van der Waals surface area contributed by atoms with Crippen LogP contribution in [0.5, 0.6) is 0 Å². The molecule has 14 heavy (non-hydrogen) atoms. The molecule has 0 saturated carbocycles. The Bertz CT molecular complexity index is 208. The van der Waals surface area contributed by atoms with Gasteiger partial charge in [-0.1, -0.05) is 6.58 Å². The zero-order chi connectivity index (χ0) is 10.6. The number of piperazine rings is 1. The molecule has 1 rings (SSSR count). The van der Waals surface area contributed by atoms with Gasteiger partial charge in [0.1, 0.15) is 5.76 Å². The lowest BCUT2D eigenvalue weighted by atomic mass is 10.2. The third kappa shape index (κ3) is 2.38. The minimum atomic E-state index is -0.305. The van der Waals surface area contributed by atoms with E-state index in [9.17, 15) is 4.79 Å². The van der Waals surface area contributed by atoms with E-state index in [-0.39, 0.29) is 12.1 Å². The Labute approximate surface area is 83.7 Å². The number of ether oxygens (including phenoxy) is 2. The van der Waals surface area contributed by atoms with Crippen molar-refractivity contribution in [2.45, 2.75) is 6.04 Å². The molecule has 1 N–H and O–H groups in total. The molecule has 80 valence electrons. The highest BCUT2D eigenvalue weighted by atomic mass is 16.5. The van der Waals surface area contributed by atoms with E-state index in [4.69, 9.17) is 4.74 Å². The minimum absolute atomic E-state index is 0.00662. The Morgan fingerprint density at radius 3 is 2.79 bits per heavy atom. The van der Waals surface area contributed by atoms with Gasteiger partial charge in [-0.25, -0.2) is 4.79 Å². The standard InChI is InChI=1S/C9H16N2O3/c1-7(13-2)8-6-11(5-4-10-8)9(12)14-3/h8,10H,1,4-6H2,2-3H3. The summed E-state index contributed by atoms with van der Waals surface area (Å²) in [4.78, 5) is 12.9. The van der Waals surface area contributed by atoms with Gasteiger partial charge in [-0.2, -0.15) is 0 Å². The van der Waals surface area contributed by atoms with E-state index in [1.165, 1.54) is 7.11 Å². The van der Waals surface area contributed by atoms with Crippen molar-refractivity contribution in [1.29, 1.82) is 0 Å². The molecule has 1 fully saturated rings. The second-order valence-corrected chi connectivity index (χ2v) is 3.09. The lowest BCUT2D eigenvalue weighted by Crippen LogP contribution is -2.53. The number of nitrogens with zero attached hydrogens (tertiary/aromatic N) is 1. The maximum Gasteiger partial charge on any atom is 0.409 e. The fraction of sp³-hybridized carbons (Fsp3) is 0.667. The summed E-state index contributed by atoms with van der Waals surface area (Å²) in [5.41, 5.74) is 0. The molecule has 5 nitrogen and oxygen atoms in total. The van der Waals surface area contributed by atoms with Gasteiger partial charge in [-0.15, -0.1) is 0 Å². The van der Waals surface area contributed by atoms with Gasteiger partial charge in [0.05, 0.1) is 20.3 Å². The maximum atomic E-state index is 11.2. The van der Waals surface area contributed by atoms with Crippen molar-refractivity contribution >= 4 is 6.09 Å². The summed E-state index contributed by atoms with van der Waals surface area (Å²) in [6.45, 7) is 5.67. The van der Waals surface area contributed by atoms with Crippen LogP contribution < -0.4 is 5.32 Å². The van der Waals surface area contributed by atoms with E-state index in [0.717, 1.165) is 6.54 Å². The van der Waals surface area contributed by atoms with Crippen molar-refractivity contribution in [3.8, 4) is 0 Å². The Morgan fingerprint density at radius 2 is 2.21 bits per heavy atom. The lowest BCUT2D eigenvalue weighted by Gasteiger charge is -2.32. The average Bonchev–Trinajstić information content (AvgIpc) is 2.27. The van der Waals surface area contributed by atoms with Gasteiger partial charge in [-0.3, -0.25) is 0 Å². The first-order valence-electron chi connectivity index (χ1n) is 4.48. The summed E-state index contributed by atoms with van der Waals surface area (Å²) in [7, 11) is 2.95. The number of rotatable bonds is 2. The van der Waals surface area contributed by atoms with E-state index in [0.29, 0.717) is 18.8 Å². The second kappa shape index (κ2) is 4.85. The topological polar surface area (TPSA) is 50.8 Å². The molecule has 0 bridgehead atoms. The smallest absolute Gasteiger partial charge is 0.409 e. The first-order chi connectivity index (χ1) is 6.69. The molecule has 0 radical (unpaired) electrons. The summed E-state index contributed by atoms with van der Waals surface area (Å²) in [6, 6.07) is -0.00662. The van der Waals surface area contributed by atoms with Crippen LogP contribution in [0.1, 0.15) is 0 Å². The highest BCUT2D eigenvalue weighted by Gasteiger charge is 2.25. The van der Waals surface area contributed by atoms with Crippen molar-refractivity contribution < 1.29 is 14.3 Å². The molecule has 1 saturated heterocycles. The van der Waals surface area contributed by atoms with Gasteiger partial charge >= 0.3 is 6.09 Å². The molecule has 1 unspecified atom stereocenters. The zero-order valence-corrected chi connectivity index (χ0v) is 8.58. The molecule has 0 aromatic carbocycles. The van der Waals surface area contributed by atoms with Crippen LogP contribution in [0.15, 0.2) is 12.3 Å². The number of amides is 1. The summed E-state index contributed by atoms with van der Waals surface area (Å²) in [5, 5.41) is 3.20. The predicted octanol–water partition coefficient (Wildman–Crippen LogP) is 0.187. The molecule has 1 heterocycles. The molecular formula is C9H16N2O3. The Balaban J connectivity index is 2.51. The Kier molecular flexibility index (Phi) is 3.76. The summed E-state index contributed by atoms with van der Waals surface area (Å²) >= 11 is 0. The molecule has 0 aromatic heterocycles. The Hall–Kier alpha value is -1.23. The minimum Gasteiger partial charge on any atom is -0.500 e. The van der Waals surface area contributed by atoms with Gasteiger partial charge in [0.25, 0.3) is 0 Å². The van der Waals surface area contributed by atoms with Crippen LogP contribution in [0, 0.1) is 0 Å². The zero-order valence-electron chi connectivity index (χ0n) is 8.58. The third-order valence-corrected chi connectivity index (χ3v) is 2.26. The monoisotopic (exact) mass is 200 g/mol. The van der Waals surface area contributed by atoms with Crippen LogP contribution in [-0.2, 0) is 9.47 Å². The number of methoxy groups -OCH3 is 2. The summed E-state index contributed by atoms with van der Waals surface area (Å²) < 4.78 is 9.66. The van der Waals surface area contributed by atoms with E-state index in [1.807, 2.05) is 0 Å². The highest BCUT2D eigenvalue weighted by Crippen LogP contribution is 2.08. The van der Waals surface area contributed by atoms with Gasteiger partial charge in [0.15, 0.2) is 0 Å². The SMILES string of the molecule is C=C(OC)C1CN(C(=O)OC)CCN1. The first kappa shape index (κ1) is 10.8. The molecule has 1 amide bonds. The van der Waals surface area contributed by atoms with Gasteiger partial charge in [-0.05, 0) is 0 Å². The van der Waals surface area contributed by atoms with E-state index in [2.05, 4.69) is 16.6 Å². The Morgan fingerprint density at radius 1 is 1.50 bits per heavy atom. The van der Waals surface area contributed by atoms with Crippen LogP contribution in [-0.4, -0.2) is 50.9 Å². The number of nitrogens with one attached hydrogen (secondary N) is 1. The van der Waals surface area contributed by atoms with E-state index >= 15 is 0 Å². The molecule has 1 aliphatic heterocycles. The number of hydrogen-bond donors (Lipinski definition) is 1. The molecule has 0 aliphatic carbocycles. The van der Waals surface area contributed by atoms with E-state index < -0.39 is 0 Å². The predicted molar refractivity (Wildman–Crippen MR) is 51.9 cm³/mol. The van der Waals surface area contributed by atoms with Crippen molar-refractivity contribution in [2.24, 2.45) is 0 Å². The van der Waals surface area contributed by atoms with Gasteiger partial charge in [0.2, 0.25) is 0 Å². The van der Waals surface area contributed by atoms with Crippen molar-refractivity contribution in [2.75, 3.05) is 33.9 Å². The first-order valence-corrected chi connectivity index (χ1v) is 4.48. The average molecular weight is 200 g/mol. The van der Waals surface area contributed by atoms with Gasteiger partial charge in [0, 0.05) is 19.6 Å². The molecule has 1 atom stereocenters. The van der Waals surface area contributed by atoms with Crippen LogP contribution in [0.25, 0.3) is 0 Å². The molecular weight excluding hydrogens is 184 g/mol. The number of carbonyl (C=O) groups excluding carboxylic acids is 1. The third-order valence-electron chi connectivity index (χ3n) is 2.26. The van der Waals surface area contributed by atoms with Crippen LogP contribution in [0.3, 0.4) is 0 Å². The van der Waals surface area contributed by atoms with Crippen LogP contribution in [0.4, 0.5) is 4.79 Å². The maximum absolute atomic E-state index is 11.2. The van der Waals surface area contributed by atoms with Crippen molar-refractivity contribution in [1.82, 2.24) is 10.2 Å². The fourth-order valence-electron chi connectivity index (χ4n) is 1.40. The summed E-state index contributed by atoms with van der Waals surface area (Å²) in [5.74, 6) is 0.638. The molecule has 5 heteroatoms. The van der Waals surface area contributed by atoms with Crippen LogP contribution >= 0.6 is 0 Å². The van der Waals surface area contributed by atoms with Crippen molar-refractivity contribution in [3.63, 3.8) is 0 Å². The number of hydrogen-bond acceptors (Lipinski definition) is 4. The largest absolute Gasteiger partial charge is 0.500 e. The normalized spacial score (nSPS) is 21.6. The quantitative estimate of drug-likeness (QED) is 0.646. The summed E-state index contributed by atoms with van der Waals surface area (Å²) in [6.07, 6.45) is -0.305. The molecule has 1 aliphatic rings. The molecule has 0 spiro atoms. The van der Waals surface area contributed by atoms with Crippen molar-refractivity contribution in [3.05, 3.63) is 12.3 Å². The number of carbonyl (C=O) groups is 1. The van der Waals surface area contributed by atoms with Gasteiger partial charge < -0.3 is 19.7 Å². The van der Waals surface area contributed by atoms with Crippen LogP contribution in [0.2, 0.25) is 0 Å².